The summed E-state index contributed by atoms with van der Waals surface area (Å²) in [4.78, 5) is 12.6. The van der Waals surface area contributed by atoms with E-state index in [1.54, 1.807) is 35.6 Å². The van der Waals surface area contributed by atoms with Gasteiger partial charge in [-0.15, -0.1) is 11.8 Å². The van der Waals surface area contributed by atoms with Crippen molar-refractivity contribution in [3.8, 4) is 11.8 Å². The Balaban J connectivity index is 2.24. The minimum absolute atomic E-state index is 0.324. The number of hydrogen-bond acceptors (Lipinski definition) is 5. The summed E-state index contributed by atoms with van der Waals surface area (Å²) in [6.07, 6.45) is 3.07. The normalized spacial score (nSPS) is 10.6. The van der Waals surface area contributed by atoms with Crippen LogP contribution >= 0.6 is 11.8 Å². The highest BCUT2D eigenvalue weighted by atomic mass is 32.2. The summed E-state index contributed by atoms with van der Waals surface area (Å²) in [5, 5.41) is 13.5. The minimum atomic E-state index is -0.400. The van der Waals surface area contributed by atoms with Crippen molar-refractivity contribution in [2.75, 3.05) is 12.4 Å². The number of rotatable bonds is 6. The van der Waals surface area contributed by atoms with Crippen LogP contribution in [0.2, 0.25) is 0 Å². The van der Waals surface area contributed by atoms with Crippen LogP contribution in [0.25, 0.3) is 5.69 Å². The fourth-order valence-corrected chi connectivity index (χ4v) is 2.85. The molecule has 0 aliphatic rings. The van der Waals surface area contributed by atoms with Gasteiger partial charge in [0, 0.05) is 16.8 Å². The van der Waals surface area contributed by atoms with Gasteiger partial charge in [0.25, 0.3) is 0 Å². The van der Waals surface area contributed by atoms with Gasteiger partial charge in [0.15, 0.2) is 0 Å². The quantitative estimate of drug-likeness (QED) is 0.597. The number of thioether (sulfide) groups is 1. The van der Waals surface area contributed by atoms with Crippen LogP contribution in [0.4, 0.5) is 0 Å². The van der Waals surface area contributed by atoms with Crippen LogP contribution in [-0.4, -0.2) is 28.1 Å². The van der Waals surface area contributed by atoms with E-state index in [0.29, 0.717) is 23.7 Å². The van der Waals surface area contributed by atoms with Gasteiger partial charge in [0.2, 0.25) is 0 Å². The van der Waals surface area contributed by atoms with Crippen LogP contribution in [0.1, 0.15) is 36.7 Å². The van der Waals surface area contributed by atoms with Crippen molar-refractivity contribution < 1.29 is 9.53 Å². The molecule has 0 bridgehead atoms. The average molecular weight is 329 g/mol. The number of aromatic nitrogens is 2. The molecule has 0 N–H and O–H groups in total. The molecule has 23 heavy (non-hydrogen) atoms. The Morgan fingerprint density at radius 1 is 1.48 bits per heavy atom. The van der Waals surface area contributed by atoms with Crippen LogP contribution in [0.15, 0.2) is 35.5 Å². The molecule has 0 radical (unpaired) electrons. The van der Waals surface area contributed by atoms with E-state index >= 15 is 0 Å². The molecule has 0 aliphatic carbocycles. The molecule has 120 valence electrons. The second-order valence-electron chi connectivity index (χ2n) is 5.39. The number of nitrogens with zero attached hydrogens (tertiary/aromatic N) is 3. The summed E-state index contributed by atoms with van der Waals surface area (Å²) in [7, 11) is 0. The number of carbonyl (C=O) groups is 1. The van der Waals surface area contributed by atoms with Gasteiger partial charge >= 0.3 is 5.97 Å². The van der Waals surface area contributed by atoms with Crippen LogP contribution < -0.4 is 0 Å². The Hall–Kier alpha value is -2.26. The molecule has 2 aromatic rings. The molecule has 5 nitrogen and oxygen atoms in total. The van der Waals surface area contributed by atoms with E-state index in [1.165, 1.54) is 6.20 Å². The van der Waals surface area contributed by atoms with Crippen molar-refractivity contribution >= 4 is 17.7 Å². The lowest BCUT2D eigenvalue weighted by atomic mass is 10.2. The van der Waals surface area contributed by atoms with Gasteiger partial charge in [-0.25, -0.2) is 9.48 Å². The molecule has 0 amide bonds. The lowest BCUT2D eigenvalue weighted by molar-refractivity contribution is 0.0526. The van der Waals surface area contributed by atoms with Crippen LogP contribution in [-0.2, 0) is 4.74 Å². The van der Waals surface area contributed by atoms with E-state index in [-0.39, 0.29) is 0 Å². The van der Waals surface area contributed by atoms with Crippen molar-refractivity contribution in [1.29, 1.82) is 5.26 Å². The predicted octanol–water partition coefficient (Wildman–Crippen LogP) is 3.67. The molecule has 2 rings (SSSR count). The maximum absolute atomic E-state index is 11.7. The first-order valence-electron chi connectivity index (χ1n) is 7.44. The Morgan fingerprint density at radius 3 is 2.91 bits per heavy atom. The minimum Gasteiger partial charge on any atom is -0.462 e. The Bertz CT molecular complexity index is 732. The van der Waals surface area contributed by atoms with Crippen molar-refractivity contribution in [3.05, 3.63) is 41.7 Å². The van der Waals surface area contributed by atoms with Gasteiger partial charge in [0.05, 0.1) is 29.6 Å². The van der Waals surface area contributed by atoms with Crippen molar-refractivity contribution in [2.24, 2.45) is 5.92 Å². The zero-order chi connectivity index (χ0) is 16.8. The number of nitriles is 1. The van der Waals surface area contributed by atoms with E-state index in [0.717, 1.165) is 16.3 Å². The first-order chi connectivity index (χ1) is 11.0. The van der Waals surface area contributed by atoms with E-state index < -0.39 is 5.97 Å². The molecule has 0 saturated carbocycles. The highest BCUT2D eigenvalue weighted by molar-refractivity contribution is 7.99. The molecule has 0 aliphatic heterocycles. The summed E-state index contributed by atoms with van der Waals surface area (Å²) in [5.74, 6) is 1.12. The van der Waals surface area contributed by atoms with Crippen molar-refractivity contribution in [1.82, 2.24) is 9.78 Å². The van der Waals surface area contributed by atoms with Gasteiger partial charge in [-0.1, -0.05) is 13.8 Å². The average Bonchev–Trinajstić information content (AvgIpc) is 3.03. The third-order valence-electron chi connectivity index (χ3n) is 3.01. The first-order valence-corrected chi connectivity index (χ1v) is 8.42. The van der Waals surface area contributed by atoms with E-state index in [4.69, 9.17) is 4.74 Å². The van der Waals surface area contributed by atoms with Crippen LogP contribution in [0, 0.1) is 17.2 Å². The fourth-order valence-electron chi connectivity index (χ4n) is 1.91. The molecule has 0 saturated heterocycles. The van der Waals surface area contributed by atoms with Crippen molar-refractivity contribution in [3.63, 3.8) is 0 Å². The summed E-state index contributed by atoms with van der Waals surface area (Å²) in [6.45, 7) is 6.38. The van der Waals surface area contributed by atoms with Crippen molar-refractivity contribution in [2.45, 2.75) is 25.7 Å². The number of carbonyl (C=O) groups excluding carboxylic acids is 1. The number of benzene rings is 1. The maximum Gasteiger partial charge on any atom is 0.341 e. The smallest absolute Gasteiger partial charge is 0.341 e. The largest absolute Gasteiger partial charge is 0.462 e. The Labute approximate surface area is 140 Å². The molecule has 0 atom stereocenters. The second-order valence-corrected chi connectivity index (χ2v) is 6.45. The van der Waals surface area contributed by atoms with Gasteiger partial charge < -0.3 is 4.74 Å². The van der Waals surface area contributed by atoms with E-state index in [9.17, 15) is 10.1 Å². The Morgan fingerprint density at radius 2 is 2.26 bits per heavy atom. The monoisotopic (exact) mass is 329 g/mol. The topological polar surface area (TPSA) is 67.9 Å². The molecule has 1 aromatic heterocycles. The first kappa shape index (κ1) is 17.1. The highest BCUT2D eigenvalue weighted by Crippen LogP contribution is 2.26. The highest BCUT2D eigenvalue weighted by Gasteiger charge is 2.12. The van der Waals surface area contributed by atoms with Gasteiger partial charge in [-0.05, 0) is 31.0 Å². The fraction of sp³-hybridized carbons (Fsp3) is 0.353. The van der Waals surface area contributed by atoms with Crippen LogP contribution in [0.3, 0.4) is 0 Å². The third-order valence-corrected chi connectivity index (χ3v) is 4.51. The molecular formula is C17H19N3O2S. The zero-order valence-electron chi connectivity index (χ0n) is 13.4. The van der Waals surface area contributed by atoms with E-state index in [2.05, 4.69) is 25.0 Å². The van der Waals surface area contributed by atoms with Gasteiger partial charge in [-0.3, -0.25) is 0 Å². The lowest BCUT2D eigenvalue weighted by Gasteiger charge is -2.08. The van der Waals surface area contributed by atoms with E-state index in [1.807, 2.05) is 12.1 Å². The Kier molecular flexibility index (Phi) is 5.83. The lowest BCUT2D eigenvalue weighted by Crippen LogP contribution is -2.03. The number of esters is 1. The summed E-state index contributed by atoms with van der Waals surface area (Å²) in [5.41, 5.74) is 1.75. The molecular weight excluding hydrogens is 310 g/mol. The summed E-state index contributed by atoms with van der Waals surface area (Å²) in [6, 6.07) is 7.83. The molecule has 0 unspecified atom stereocenters. The molecule has 1 aromatic carbocycles. The third kappa shape index (κ3) is 4.36. The maximum atomic E-state index is 11.7. The van der Waals surface area contributed by atoms with Gasteiger partial charge in [0.1, 0.15) is 6.07 Å². The molecule has 1 heterocycles. The zero-order valence-corrected chi connectivity index (χ0v) is 14.3. The molecule has 0 spiro atoms. The SMILES string of the molecule is CCOC(=O)c1cnn(-c2ccc(SCC(C)C)c(C#N)c2)c1. The second kappa shape index (κ2) is 7.84. The summed E-state index contributed by atoms with van der Waals surface area (Å²) < 4.78 is 6.52. The van der Waals surface area contributed by atoms with Gasteiger partial charge in [-0.2, -0.15) is 10.4 Å². The molecule has 0 fully saturated rings. The summed E-state index contributed by atoms with van der Waals surface area (Å²) >= 11 is 1.67. The predicted molar refractivity (Wildman–Crippen MR) is 89.8 cm³/mol. The standard InChI is InChI=1S/C17H19N3O2S/c1-4-22-17(21)14-9-19-20(10-14)15-5-6-16(13(7-15)8-18)23-11-12(2)3/h5-7,9-10,12H,4,11H2,1-3H3. The number of hydrogen-bond donors (Lipinski definition) is 0. The van der Waals surface area contributed by atoms with Crippen LogP contribution in [0.5, 0.6) is 0 Å². The number of ether oxygens (including phenoxy) is 1. The molecule has 6 heteroatoms.